The molecule has 0 saturated carbocycles. The van der Waals surface area contributed by atoms with Gasteiger partial charge in [0.2, 0.25) is 5.91 Å². The van der Waals surface area contributed by atoms with Crippen molar-refractivity contribution < 1.29 is 4.79 Å². The fraction of sp³-hybridized carbons (Fsp3) is 0.370. The molecular weight excluding hydrogens is 476 g/mol. The van der Waals surface area contributed by atoms with Gasteiger partial charge in [0.15, 0.2) is 0 Å². The van der Waals surface area contributed by atoms with Crippen molar-refractivity contribution >= 4 is 38.8 Å². The Kier molecular flexibility index (Phi) is 6.04. The number of nitrogens with zero attached hydrogens (tertiary/aromatic N) is 4. The van der Waals surface area contributed by atoms with Crippen LogP contribution in [-0.4, -0.2) is 51.4 Å². The highest BCUT2D eigenvalue weighted by molar-refractivity contribution is 7.25. The number of thiophene rings is 2. The summed E-state index contributed by atoms with van der Waals surface area (Å²) < 4.78 is 2.62. The predicted molar refractivity (Wildman–Crippen MR) is 142 cm³/mol. The number of benzene rings is 1. The van der Waals surface area contributed by atoms with E-state index in [4.69, 9.17) is 0 Å². The average Bonchev–Trinajstić information content (AvgIpc) is 3.55. The zero-order valence-corrected chi connectivity index (χ0v) is 21.4. The minimum atomic E-state index is 0.0811. The van der Waals surface area contributed by atoms with E-state index in [2.05, 4.69) is 39.5 Å². The number of fused-ring (bicyclic) bond motifs is 2. The standard InChI is InChI=1S/C27H28N4O2S2/c1-18(32)30-10-8-29(9-11-30)16-19-4-5-21-14-22(7-6-20(21)13-19)31-17-28-23-15-25(24-3-2-12-34-24)35-26(23)27(31)33/h2-5,12-13,15,17,22H,6-11,14,16H2,1H3/t22-/m0/s1. The molecule has 0 spiro atoms. The van der Waals surface area contributed by atoms with Crippen LogP contribution in [0.1, 0.15) is 36.1 Å². The second-order valence-electron chi connectivity index (χ2n) is 9.54. The Balaban J connectivity index is 1.17. The smallest absolute Gasteiger partial charge is 0.271 e. The van der Waals surface area contributed by atoms with E-state index in [0.29, 0.717) is 0 Å². The molecule has 0 radical (unpaired) electrons. The molecule has 1 aromatic carbocycles. The number of hydrogen-bond acceptors (Lipinski definition) is 6. The largest absolute Gasteiger partial charge is 0.340 e. The summed E-state index contributed by atoms with van der Waals surface area (Å²) in [5, 5.41) is 2.06. The first kappa shape index (κ1) is 22.6. The van der Waals surface area contributed by atoms with Crippen LogP contribution in [0.25, 0.3) is 20.0 Å². The van der Waals surface area contributed by atoms with Crippen molar-refractivity contribution in [2.24, 2.45) is 0 Å². The third-order valence-electron chi connectivity index (χ3n) is 7.32. The Bertz CT molecular complexity index is 1430. The molecule has 4 heterocycles. The summed E-state index contributed by atoms with van der Waals surface area (Å²) in [6.07, 6.45) is 4.54. The van der Waals surface area contributed by atoms with Crippen LogP contribution in [0, 0.1) is 0 Å². The monoisotopic (exact) mass is 504 g/mol. The molecule has 0 N–H and O–H groups in total. The minimum Gasteiger partial charge on any atom is -0.340 e. The van der Waals surface area contributed by atoms with Gasteiger partial charge in [-0.25, -0.2) is 4.98 Å². The fourth-order valence-corrected chi connectivity index (χ4v) is 7.20. The number of amides is 1. The molecule has 4 aromatic rings. The Labute approximate surface area is 212 Å². The molecule has 8 heteroatoms. The highest BCUT2D eigenvalue weighted by atomic mass is 32.1. The van der Waals surface area contributed by atoms with E-state index < -0.39 is 0 Å². The molecule has 1 fully saturated rings. The molecule has 3 aromatic heterocycles. The summed E-state index contributed by atoms with van der Waals surface area (Å²) in [6.45, 7) is 6.05. The lowest BCUT2D eigenvalue weighted by molar-refractivity contribution is -0.130. The Morgan fingerprint density at radius 2 is 1.94 bits per heavy atom. The van der Waals surface area contributed by atoms with Crippen LogP contribution in [0.4, 0.5) is 0 Å². The summed E-state index contributed by atoms with van der Waals surface area (Å²) >= 11 is 3.24. The summed E-state index contributed by atoms with van der Waals surface area (Å²) in [5.41, 5.74) is 4.95. The van der Waals surface area contributed by atoms with Gasteiger partial charge in [-0.2, -0.15) is 0 Å². The maximum Gasteiger partial charge on any atom is 0.271 e. The molecule has 6 rings (SSSR count). The highest BCUT2D eigenvalue weighted by Gasteiger charge is 2.24. The van der Waals surface area contributed by atoms with E-state index >= 15 is 0 Å². The molecule has 180 valence electrons. The highest BCUT2D eigenvalue weighted by Crippen LogP contribution is 2.34. The molecule has 0 unspecified atom stereocenters. The first-order chi connectivity index (χ1) is 17.0. The predicted octanol–water partition coefficient (Wildman–Crippen LogP) is 4.58. The van der Waals surface area contributed by atoms with Crippen molar-refractivity contribution in [3.63, 3.8) is 0 Å². The third-order valence-corrected chi connectivity index (χ3v) is 9.49. The zero-order valence-electron chi connectivity index (χ0n) is 19.8. The lowest BCUT2D eigenvalue weighted by Gasteiger charge is -2.34. The topological polar surface area (TPSA) is 58.4 Å². The minimum absolute atomic E-state index is 0.0811. The number of carbonyl (C=O) groups excluding carboxylic acids is 1. The fourth-order valence-electron chi connectivity index (χ4n) is 5.33. The van der Waals surface area contributed by atoms with E-state index in [0.717, 1.165) is 67.1 Å². The third kappa shape index (κ3) is 4.46. The molecule has 35 heavy (non-hydrogen) atoms. The zero-order chi connectivity index (χ0) is 23.9. The van der Waals surface area contributed by atoms with E-state index in [9.17, 15) is 9.59 Å². The summed E-state index contributed by atoms with van der Waals surface area (Å²) in [7, 11) is 0. The number of rotatable bonds is 4. The van der Waals surface area contributed by atoms with Crippen LogP contribution in [0.5, 0.6) is 0 Å². The van der Waals surface area contributed by atoms with E-state index in [-0.39, 0.29) is 17.5 Å². The van der Waals surface area contributed by atoms with E-state index in [1.165, 1.54) is 21.6 Å². The number of carbonyl (C=O) groups is 1. The number of piperazine rings is 1. The molecule has 1 atom stereocenters. The van der Waals surface area contributed by atoms with Crippen molar-refractivity contribution in [1.29, 1.82) is 0 Å². The van der Waals surface area contributed by atoms with Gasteiger partial charge in [-0.15, -0.1) is 22.7 Å². The maximum atomic E-state index is 13.4. The van der Waals surface area contributed by atoms with Crippen molar-refractivity contribution in [3.05, 3.63) is 75.1 Å². The Hall–Kier alpha value is -2.81. The number of aryl methyl sites for hydroxylation is 1. The summed E-state index contributed by atoms with van der Waals surface area (Å²) in [4.78, 5) is 36.2. The van der Waals surface area contributed by atoms with E-state index in [1.54, 1.807) is 35.9 Å². The maximum absolute atomic E-state index is 13.4. The lowest BCUT2D eigenvalue weighted by atomic mass is 9.87. The van der Waals surface area contributed by atoms with E-state index in [1.807, 2.05) is 21.6 Å². The first-order valence-electron chi connectivity index (χ1n) is 12.2. The second kappa shape index (κ2) is 9.33. The van der Waals surface area contributed by atoms with Crippen molar-refractivity contribution in [2.45, 2.75) is 38.8 Å². The molecule has 2 aliphatic rings. The van der Waals surface area contributed by atoms with Gasteiger partial charge < -0.3 is 4.90 Å². The van der Waals surface area contributed by atoms with Crippen molar-refractivity contribution in [2.75, 3.05) is 26.2 Å². The van der Waals surface area contributed by atoms with Gasteiger partial charge in [0.05, 0.1) is 11.8 Å². The average molecular weight is 505 g/mol. The Morgan fingerprint density at radius 3 is 2.71 bits per heavy atom. The quantitative estimate of drug-likeness (QED) is 0.408. The SMILES string of the molecule is CC(=O)N1CCN(Cc2ccc3c(c2)CC[C@H](n2cnc4cc(-c5cccs5)sc4c2=O)C3)CC1. The molecule has 1 aliphatic carbocycles. The Morgan fingerprint density at radius 1 is 1.09 bits per heavy atom. The van der Waals surface area contributed by atoms with Crippen LogP contribution >= 0.6 is 22.7 Å². The molecule has 0 bridgehead atoms. The van der Waals surface area contributed by atoms with Crippen LogP contribution in [0.15, 0.2) is 52.9 Å². The van der Waals surface area contributed by atoms with Gasteiger partial charge in [-0.3, -0.25) is 19.1 Å². The van der Waals surface area contributed by atoms with Crippen LogP contribution in [0.2, 0.25) is 0 Å². The number of aromatic nitrogens is 2. The van der Waals surface area contributed by atoms with Crippen LogP contribution in [-0.2, 0) is 24.2 Å². The molecule has 1 amide bonds. The lowest BCUT2D eigenvalue weighted by Crippen LogP contribution is -2.47. The van der Waals surface area contributed by atoms with Gasteiger partial charge in [-0.1, -0.05) is 24.3 Å². The summed E-state index contributed by atoms with van der Waals surface area (Å²) in [5.74, 6) is 0.170. The molecule has 6 nitrogen and oxygen atoms in total. The van der Waals surface area contributed by atoms with Gasteiger partial charge in [0.1, 0.15) is 4.70 Å². The van der Waals surface area contributed by atoms with Crippen molar-refractivity contribution in [1.82, 2.24) is 19.4 Å². The summed E-state index contributed by atoms with van der Waals surface area (Å²) in [6, 6.07) is 13.1. The molecular formula is C27H28N4O2S2. The van der Waals surface area contributed by atoms with Gasteiger partial charge in [0.25, 0.3) is 5.56 Å². The number of hydrogen-bond donors (Lipinski definition) is 0. The van der Waals surface area contributed by atoms with Gasteiger partial charge >= 0.3 is 0 Å². The molecule has 1 aliphatic heterocycles. The first-order valence-corrected chi connectivity index (χ1v) is 13.9. The van der Waals surface area contributed by atoms with Gasteiger partial charge in [0, 0.05) is 55.4 Å². The van der Waals surface area contributed by atoms with Gasteiger partial charge in [-0.05, 0) is 53.5 Å². The second-order valence-corrected chi connectivity index (χ2v) is 11.5. The van der Waals surface area contributed by atoms with Crippen LogP contribution < -0.4 is 5.56 Å². The van der Waals surface area contributed by atoms with Crippen LogP contribution in [0.3, 0.4) is 0 Å². The van der Waals surface area contributed by atoms with Crippen molar-refractivity contribution in [3.8, 4) is 9.75 Å². The normalized spacial score (nSPS) is 18.7. The molecule has 1 saturated heterocycles.